The molecule has 2 amide bonds. The molecule has 0 spiro atoms. The van der Waals surface area contributed by atoms with E-state index < -0.39 is 18.0 Å². The molecule has 1 N–H and O–H groups in total. The second-order valence-corrected chi connectivity index (χ2v) is 8.53. The van der Waals surface area contributed by atoms with Gasteiger partial charge in [-0.1, -0.05) is 29.3 Å². The molecular formula is C20H20Cl2N2O4S. The summed E-state index contributed by atoms with van der Waals surface area (Å²) in [5, 5.41) is 5.24. The third kappa shape index (κ3) is 5.50. The topological polar surface area (TPSA) is 75.7 Å². The fourth-order valence-corrected chi connectivity index (χ4v) is 4.17. The second-order valence-electron chi connectivity index (χ2n) is 6.74. The van der Waals surface area contributed by atoms with E-state index in [9.17, 15) is 14.4 Å². The third-order valence-corrected chi connectivity index (χ3v) is 6.10. The first-order chi connectivity index (χ1) is 13.8. The molecule has 1 fully saturated rings. The number of rotatable bonds is 5. The Kier molecular flexibility index (Phi) is 7.16. The molecular weight excluding hydrogens is 435 g/mol. The van der Waals surface area contributed by atoms with Crippen LogP contribution in [0.1, 0.15) is 29.4 Å². The number of likely N-dealkylation sites (tertiary alicyclic amines) is 1. The largest absolute Gasteiger partial charge is 0.452 e. The fraction of sp³-hybridized carbons (Fsp3) is 0.350. The number of amides is 2. The Morgan fingerprint density at radius 2 is 1.93 bits per heavy atom. The maximum atomic E-state index is 12.4. The SMILES string of the molecule is CC(OC(=O)C1CCN(C(=O)c2cccs2)CC1)C(=O)Nc1ccc(Cl)cc1Cl. The Labute approximate surface area is 182 Å². The van der Waals surface area contributed by atoms with Crippen molar-refractivity contribution in [3.8, 4) is 0 Å². The maximum Gasteiger partial charge on any atom is 0.309 e. The van der Waals surface area contributed by atoms with Crippen LogP contribution in [0.25, 0.3) is 0 Å². The molecule has 1 aliphatic rings. The highest BCUT2D eigenvalue weighted by Crippen LogP contribution is 2.26. The van der Waals surface area contributed by atoms with Gasteiger partial charge < -0.3 is 15.0 Å². The van der Waals surface area contributed by atoms with Crippen LogP contribution in [0.15, 0.2) is 35.7 Å². The van der Waals surface area contributed by atoms with Crippen molar-refractivity contribution < 1.29 is 19.1 Å². The van der Waals surface area contributed by atoms with Gasteiger partial charge >= 0.3 is 5.97 Å². The van der Waals surface area contributed by atoms with E-state index in [2.05, 4.69) is 5.32 Å². The second kappa shape index (κ2) is 9.61. The monoisotopic (exact) mass is 454 g/mol. The summed E-state index contributed by atoms with van der Waals surface area (Å²) < 4.78 is 5.33. The Balaban J connectivity index is 1.48. The van der Waals surface area contributed by atoms with E-state index in [1.807, 2.05) is 11.4 Å². The lowest BCUT2D eigenvalue weighted by Crippen LogP contribution is -2.41. The number of nitrogens with zero attached hydrogens (tertiary/aromatic N) is 1. The summed E-state index contributed by atoms with van der Waals surface area (Å²) in [4.78, 5) is 39.6. The molecule has 154 valence electrons. The molecule has 3 rings (SSSR count). The third-order valence-electron chi connectivity index (χ3n) is 4.70. The van der Waals surface area contributed by atoms with E-state index in [4.69, 9.17) is 27.9 Å². The molecule has 0 saturated carbocycles. The van der Waals surface area contributed by atoms with Crippen LogP contribution in [0.4, 0.5) is 5.69 Å². The zero-order valence-corrected chi connectivity index (χ0v) is 18.0. The number of esters is 1. The van der Waals surface area contributed by atoms with Gasteiger partial charge in [0.1, 0.15) is 0 Å². The van der Waals surface area contributed by atoms with Crippen LogP contribution < -0.4 is 5.32 Å². The number of ether oxygens (including phenoxy) is 1. The molecule has 0 aliphatic carbocycles. The van der Waals surface area contributed by atoms with E-state index in [-0.39, 0.29) is 11.8 Å². The van der Waals surface area contributed by atoms with E-state index in [0.29, 0.717) is 46.5 Å². The van der Waals surface area contributed by atoms with Gasteiger partial charge in [-0.3, -0.25) is 14.4 Å². The maximum absolute atomic E-state index is 12.4. The number of nitrogens with one attached hydrogen (secondary N) is 1. The predicted molar refractivity (Wildman–Crippen MR) is 114 cm³/mol. The van der Waals surface area contributed by atoms with Gasteiger partial charge in [0.2, 0.25) is 0 Å². The number of carbonyl (C=O) groups is 3. The Morgan fingerprint density at radius 1 is 1.21 bits per heavy atom. The summed E-state index contributed by atoms with van der Waals surface area (Å²) in [6.07, 6.45) is 0.0423. The highest BCUT2D eigenvalue weighted by Gasteiger charge is 2.31. The van der Waals surface area contributed by atoms with E-state index in [0.717, 1.165) is 0 Å². The molecule has 1 unspecified atom stereocenters. The average molecular weight is 455 g/mol. The van der Waals surface area contributed by atoms with Gasteiger partial charge in [0.05, 0.1) is 21.5 Å². The van der Waals surface area contributed by atoms with Crippen molar-refractivity contribution in [2.75, 3.05) is 18.4 Å². The molecule has 2 heterocycles. The summed E-state index contributed by atoms with van der Waals surface area (Å²) >= 11 is 13.3. The standard InChI is InChI=1S/C20H20Cl2N2O4S/c1-12(18(25)23-16-5-4-14(21)11-15(16)22)28-20(27)13-6-8-24(9-7-13)19(26)17-3-2-10-29-17/h2-5,10-13H,6-9H2,1H3,(H,23,25). The zero-order chi connectivity index (χ0) is 21.0. The van der Waals surface area contributed by atoms with Crippen LogP contribution in [-0.2, 0) is 14.3 Å². The lowest BCUT2D eigenvalue weighted by atomic mass is 9.97. The van der Waals surface area contributed by atoms with Crippen LogP contribution in [0, 0.1) is 5.92 Å². The Morgan fingerprint density at radius 3 is 2.55 bits per heavy atom. The van der Waals surface area contributed by atoms with Gasteiger partial charge in [-0.25, -0.2) is 0 Å². The van der Waals surface area contributed by atoms with Crippen molar-refractivity contribution >= 4 is 58.0 Å². The molecule has 2 aromatic rings. The zero-order valence-electron chi connectivity index (χ0n) is 15.7. The van der Waals surface area contributed by atoms with Crippen LogP contribution in [0.5, 0.6) is 0 Å². The van der Waals surface area contributed by atoms with Crippen molar-refractivity contribution in [2.45, 2.75) is 25.9 Å². The van der Waals surface area contributed by atoms with Crippen molar-refractivity contribution in [3.63, 3.8) is 0 Å². The van der Waals surface area contributed by atoms with Crippen LogP contribution in [0.3, 0.4) is 0 Å². The number of carbonyl (C=O) groups excluding carboxylic acids is 3. The number of halogens is 2. The van der Waals surface area contributed by atoms with Crippen LogP contribution in [-0.4, -0.2) is 41.9 Å². The van der Waals surface area contributed by atoms with Gasteiger partial charge in [-0.2, -0.15) is 0 Å². The smallest absolute Gasteiger partial charge is 0.309 e. The Hall–Kier alpha value is -2.09. The highest BCUT2D eigenvalue weighted by molar-refractivity contribution is 7.12. The minimum Gasteiger partial charge on any atom is -0.452 e. The normalized spacial score (nSPS) is 15.6. The van der Waals surface area contributed by atoms with Crippen molar-refractivity contribution in [3.05, 3.63) is 50.6 Å². The molecule has 29 heavy (non-hydrogen) atoms. The lowest BCUT2D eigenvalue weighted by molar-refractivity contribution is -0.158. The van der Waals surface area contributed by atoms with Gasteiger partial charge in [-0.15, -0.1) is 11.3 Å². The van der Waals surface area contributed by atoms with Crippen molar-refractivity contribution in [1.82, 2.24) is 4.90 Å². The quantitative estimate of drug-likeness (QED) is 0.675. The van der Waals surface area contributed by atoms with Gasteiger partial charge in [0.15, 0.2) is 6.10 Å². The van der Waals surface area contributed by atoms with Crippen LogP contribution in [0.2, 0.25) is 10.0 Å². The minimum absolute atomic E-state index is 0.0144. The summed E-state index contributed by atoms with van der Waals surface area (Å²) in [5.74, 6) is -1.26. The average Bonchev–Trinajstić information content (AvgIpc) is 3.24. The number of hydrogen-bond donors (Lipinski definition) is 1. The number of anilines is 1. The summed E-state index contributed by atoms with van der Waals surface area (Å²) in [5.41, 5.74) is 0.393. The molecule has 1 atom stereocenters. The molecule has 9 heteroatoms. The molecule has 1 aromatic carbocycles. The summed E-state index contributed by atoms with van der Waals surface area (Å²) in [6.45, 7) is 2.47. The Bertz CT molecular complexity index is 896. The van der Waals surface area contributed by atoms with E-state index >= 15 is 0 Å². The first-order valence-corrected chi connectivity index (χ1v) is 10.8. The summed E-state index contributed by atoms with van der Waals surface area (Å²) in [7, 11) is 0. The molecule has 1 saturated heterocycles. The van der Waals surface area contributed by atoms with E-state index in [1.54, 1.807) is 23.1 Å². The van der Waals surface area contributed by atoms with Gasteiger partial charge in [-0.05, 0) is 49.4 Å². The molecule has 6 nitrogen and oxygen atoms in total. The van der Waals surface area contributed by atoms with Crippen molar-refractivity contribution in [2.24, 2.45) is 5.92 Å². The van der Waals surface area contributed by atoms with Gasteiger partial charge in [0, 0.05) is 18.1 Å². The van der Waals surface area contributed by atoms with Gasteiger partial charge in [0.25, 0.3) is 11.8 Å². The minimum atomic E-state index is -0.972. The number of piperidine rings is 1. The predicted octanol–water partition coefficient (Wildman–Crippen LogP) is 4.48. The first kappa shape index (κ1) is 21.6. The van der Waals surface area contributed by atoms with E-state index in [1.165, 1.54) is 24.3 Å². The van der Waals surface area contributed by atoms with Crippen molar-refractivity contribution in [1.29, 1.82) is 0 Å². The lowest BCUT2D eigenvalue weighted by Gasteiger charge is -2.31. The fourth-order valence-electron chi connectivity index (χ4n) is 3.02. The number of hydrogen-bond acceptors (Lipinski definition) is 5. The number of thiophene rings is 1. The molecule has 1 aliphatic heterocycles. The first-order valence-electron chi connectivity index (χ1n) is 9.14. The summed E-state index contributed by atoms with van der Waals surface area (Å²) in [6, 6.07) is 8.33. The molecule has 1 aromatic heterocycles. The molecule has 0 bridgehead atoms. The van der Waals surface area contributed by atoms with Crippen LogP contribution >= 0.6 is 34.5 Å². The highest BCUT2D eigenvalue weighted by atomic mass is 35.5. The molecule has 0 radical (unpaired) electrons. The number of benzene rings is 1.